The molecule has 102 valence electrons. The summed E-state index contributed by atoms with van der Waals surface area (Å²) in [7, 11) is 1.98. The van der Waals surface area contributed by atoms with E-state index < -0.39 is 0 Å². The van der Waals surface area contributed by atoms with E-state index >= 15 is 0 Å². The summed E-state index contributed by atoms with van der Waals surface area (Å²) in [5, 5.41) is 7.87. The average molecular weight is 251 g/mol. The van der Waals surface area contributed by atoms with E-state index in [2.05, 4.69) is 23.5 Å². The topological polar surface area (TPSA) is 39.1 Å². The van der Waals surface area contributed by atoms with Crippen molar-refractivity contribution in [2.45, 2.75) is 51.7 Å². The second kappa shape index (κ2) is 6.90. The van der Waals surface area contributed by atoms with Crippen LogP contribution in [0, 0.1) is 0 Å². The minimum Gasteiger partial charge on any atom is -0.377 e. The van der Waals surface area contributed by atoms with Crippen LogP contribution in [0.5, 0.6) is 0 Å². The fraction of sp³-hybridized carbons (Fsp3) is 0.786. The zero-order valence-electron chi connectivity index (χ0n) is 11.6. The van der Waals surface area contributed by atoms with E-state index in [0.29, 0.717) is 6.10 Å². The third kappa shape index (κ3) is 3.82. The lowest BCUT2D eigenvalue weighted by Gasteiger charge is -2.11. The largest absolute Gasteiger partial charge is 0.377 e. The standard InChI is InChI=1S/C14H25N3O/c1-3-14-12(11-17(2)16-14)10-15-8-9-18-13-6-4-5-7-13/h11,13,15H,3-10H2,1-2H3. The third-order valence-corrected chi connectivity index (χ3v) is 3.58. The van der Waals surface area contributed by atoms with Gasteiger partial charge < -0.3 is 10.1 Å². The molecule has 1 saturated carbocycles. The van der Waals surface area contributed by atoms with Crippen molar-refractivity contribution < 1.29 is 4.74 Å². The van der Waals surface area contributed by atoms with E-state index in [1.54, 1.807) is 0 Å². The molecule has 0 saturated heterocycles. The van der Waals surface area contributed by atoms with E-state index in [0.717, 1.165) is 26.1 Å². The average Bonchev–Trinajstić information content (AvgIpc) is 2.98. The molecule has 1 heterocycles. The van der Waals surface area contributed by atoms with E-state index in [9.17, 15) is 0 Å². The molecule has 0 unspecified atom stereocenters. The zero-order chi connectivity index (χ0) is 12.8. The van der Waals surface area contributed by atoms with Crippen LogP contribution in [-0.4, -0.2) is 29.0 Å². The number of rotatable bonds is 7. The Kier molecular flexibility index (Phi) is 5.20. The molecular weight excluding hydrogens is 226 g/mol. The minimum atomic E-state index is 0.524. The quantitative estimate of drug-likeness (QED) is 0.754. The highest BCUT2D eigenvalue weighted by Gasteiger charge is 2.14. The van der Waals surface area contributed by atoms with Gasteiger partial charge in [-0.2, -0.15) is 5.10 Å². The monoisotopic (exact) mass is 251 g/mol. The first-order valence-corrected chi connectivity index (χ1v) is 7.13. The van der Waals surface area contributed by atoms with Gasteiger partial charge in [0.25, 0.3) is 0 Å². The predicted octanol–water partition coefficient (Wildman–Crippen LogP) is 2.03. The zero-order valence-corrected chi connectivity index (χ0v) is 11.6. The van der Waals surface area contributed by atoms with Crippen LogP contribution in [0.3, 0.4) is 0 Å². The van der Waals surface area contributed by atoms with E-state index in [1.165, 1.54) is 36.9 Å². The molecular formula is C14H25N3O. The first-order valence-electron chi connectivity index (χ1n) is 7.13. The van der Waals surface area contributed by atoms with Gasteiger partial charge in [0.05, 0.1) is 18.4 Å². The Labute approximate surface area is 110 Å². The van der Waals surface area contributed by atoms with Crippen molar-refractivity contribution in [3.63, 3.8) is 0 Å². The van der Waals surface area contributed by atoms with Crippen LogP contribution in [0.25, 0.3) is 0 Å². The summed E-state index contributed by atoms with van der Waals surface area (Å²) in [6.07, 6.45) is 8.81. The highest BCUT2D eigenvalue weighted by atomic mass is 16.5. The lowest BCUT2D eigenvalue weighted by atomic mass is 10.2. The van der Waals surface area contributed by atoms with Crippen molar-refractivity contribution in [3.05, 3.63) is 17.5 Å². The van der Waals surface area contributed by atoms with Gasteiger partial charge in [0, 0.05) is 31.9 Å². The molecule has 0 atom stereocenters. The Morgan fingerprint density at radius 1 is 1.44 bits per heavy atom. The van der Waals surface area contributed by atoms with Gasteiger partial charge in [0.2, 0.25) is 0 Å². The summed E-state index contributed by atoms with van der Waals surface area (Å²) in [6, 6.07) is 0. The molecule has 1 aromatic rings. The van der Waals surface area contributed by atoms with Crippen LogP contribution in [0.4, 0.5) is 0 Å². The molecule has 0 aliphatic heterocycles. The van der Waals surface area contributed by atoms with Crippen LogP contribution in [0.1, 0.15) is 43.9 Å². The van der Waals surface area contributed by atoms with Gasteiger partial charge in [-0.05, 0) is 19.3 Å². The Morgan fingerprint density at radius 3 is 2.94 bits per heavy atom. The maximum Gasteiger partial charge on any atom is 0.0666 e. The smallest absolute Gasteiger partial charge is 0.0666 e. The van der Waals surface area contributed by atoms with Crippen molar-refractivity contribution >= 4 is 0 Å². The Bertz CT molecular complexity index is 356. The number of aryl methyl sites for hydroxylation is 2. The summed E-state index contributed by atoms with van der Waals surface area (Å²) in [5.41, 5.74) is 2.50. The minimum absolute atomic E-state index is 0.524. The summed E-state index contributed by atoms with van der Waals surface area (Å²) >= 11 is 0. The van der Waals surface area contributed by atoms with Gasteiger partial charge in [-0.1, -0.05) is 19.8 Å². The molecule has 4 heteroatoms. The van der Waals surface area contributed by atoms with Crippen molar-refractivity contribution in [2.24, 2.45) is 7.05 Å². The molecule has 18 heavy (non-hydrogen) atoms. The van der Waals surface area contributed by atoms with Gasteiger partial charge in [-0.15, -0.1) is 0 Å². The van der Waals surface area contributed by atoms with Crippen LogP contribution in [0.2, 0.25) is 0 Å². The molecule has 0 bridgehead atoms. The fourth-order valence-corrected chi connectivity index (χ4v) is 2.60. The molecule has 1 fully saturated rings. The number of hydrogen-bond donors (Lipinski definition) is 1. The Balaban J connectivity index is 1.62. The molecule has 4 nitrogen and oxygen atoms in total. The molecule has 0 radical (unpaired) electrons. The summed E-state index contributed by atoms with van der Waals surface area (Å²) in [4.78, 5) is 0. The first-order chi connectivity index (χ1) is 8.79. The van der Waals surface area contributed by atoms with Crippen molar-refractivity contribution in [1.29, 1.82) is 0 Å². The van der Waals surface area contributed by atoms with Crippen LogP contribution >= 0.6 is 0 Å². The second-order valence-electron chi connectivity index (χ2n) is 5.08. The molecule has 1 aromatic heterocycles. The predicted molar refractivity (Wildman–Crippen MR) is 72.5 cm³/mol. The summed E-state index contributed by atoms with van der Waals surface area (Å²) < 4.78 is 7.71. The maximum atomic E-state index is 5.82. The van der Waals surface area contributed by atoms with Crippen molar-refractivity contribution in [1.82, 2.24) is 15.1 Å². The summed E-state index contributed by atoms with van der Waals surface area (Å²) in [6.45, 7) is 4.79. The van der Waals surface area contributed by atoms with E-state index in [1.807, 2.05) is 11.7 Å². The summed E-state index contributed by atoms with van der Waals surface area (Å²) in [5.74, 6) is 0. The van der Waals surface area contributed by atoms with Crippen LogP contribution in [-0.2, 0) is 24.8 Å². The highest BCUT2D eigenvalue weighted by molar-refractivity contribution is 5.16. The molecule has 0 spiro atoms. The third-order valence-electron chi connectivity index (χ3n) is 3.58. The molecule has 0 amide bonds. The molecule has 1 N–H and O–H groups in total. The van der Waals surface area contributed by atoms with Crippen molar-refractivity contribution in [3.8, 4) is 0 Å². The maximum absolute atomic E-state index is 5.82. The van der Waals surface area contributed by atoms with Crippen molar-refractivity contribution in [2.75, 3.05) is 13.2 Å². The fourth-order valence-electron chi connectivity index (χ4n) is 2.60. The Morgan fingerprint density at radius 2 is 2.22 bits per heavy atom. The second-order valence-corrected chi connectivity index (χ2v) is 5.08. The lowest BCUT2D eigenvalue weighted by molar-refractivity contribution is 0.0602. The number of hydrogen-bond acceptors (Lipinski definition) is 3. The number of aromatic nitrogens is 2. The van der Waals surface area contributed by atoms with Crippen LogP contribution in [0.15, 0.2) is 6.20 Å². The molecule has 2 rings (SSSR count). The number of nitrogens with zero attached hydrogens (tertiary/aromatic N) is 2. The van der Waals surface area contributed by atoms with Gasteiger partial charge in [-0.25, -0.2) is 0 Å². The van der Waals surface area contributed by atoms with E-state index in [-0.39, 0.29) is 0 Å². The first kappa shape index (κ1) is 13.6. The SMILES string of the molecule is CCc1nn(C)cc1CNCCOC1CCCC1. The molecule has 0 aromatic carbocycles. The molecule has 1 aliphatic rings. The van der Waals surface area contributed by atoms with Gasteiger partial charge >= 0.3 is 0 Å². The van der Waals surface area contributed by atoms with Crippen LogP contribution < -0.4 is 5.32 Å². The lowest BCUT2D eigenvalue weighted by Crippen LogP contribution is -2.22. The molecule has 1 aliphatic carbocycles. The Hall–Kier alpha value is -0.870. The van der Waals surface area contributed by atoms with Gasteiger partial charge in [-0.3, -0.25) is 4.68 Å². The van der Waals surface area contributed by atoms with Gasteiger partial charge in [0.15, 0.2) is 0 Å². The number of nitrogens with one attached hydrogen (secondary N) is 1. The highest BCUT2D eigenvalue weighted by Crippen LogP contribution is 2.20. The number of ether oxygens (including phenoxy) is 1. The van der Waals surface area contributed by atoms with Gasteiger partial charge in [0.1, 0.15) is 0 Å². The van der Waals surface area contributed by atoms with E-state index in [4.69, 9.17) is 4.74 Å². The normalized spacial score (nSPS) is 16.6.